The normalized spacial score (nSPS) is 23.6. The van der Waals surface area contributed by atoms with Crippen molar-refractivity contribution in [3.8, 4) is 0 Å². The molecule has 0 aromatic carbocycles. The number of aromatic nitrogens is 1. The molecule has 0 saturated carbocycles. The maximum atomic E-state index is 12.7. The van der Waals surface area contributed by atoms with Gasteiger partial charge in [0.25, 0.3) is 5.91 Å². The van der Waals surface area contributed by atoms with E-state index in [0.717, 1.165) is 19.6 Å². The summed E-state index contributed by atoms with van der Waals surface area (Å²) in [6.45, 7) is 7.17. The van der Waals surface area contributed by atoms with Crippen LogP contribution in [0.5, 0.6) is 0 Å². The van der Waals surface area contributed by atoms with Crippen LogP contribution in [0.2, 0.25) is 0 Å². The van der Waals surface area contributed by atoms with Gasteiger partial charge in [0, 0.05) is 32.4 Å². The number of ether oxygens (including phenoxy) is 1. The van der Waals surface area contributed by atoms with Gasteiger partial charge in [-0.15, -0.1) is 0 Å². The molecule has 110 valence electrons. The highest BCUT2D eigenvalue weighted by molar-refractivity contribution is 5.93. The largest absolute Gasteiger partial charge is 0.373 e. The summed E-state index contributed by atoms with van der Waals surface area (Å²) in [4.78, 5) is 17.5. The monoisotopic (exact) mass is 281 g/mol. The molecule has 1 aromatic rings. The second-order valence-corrected chi connectivity index (χ2v) is 5.14. The summed E-state index contributed by atoms with van der Waals surface area (Å²) in [5.41, 5.74) is 0.370. The summed E-state index contributed by atoms with van der Waals surface area (Å²) >= 11 is 0. The number of amides is 1. The average molecular weight is 281 g/mol. The van der Waals surface area contributed by atoms with E-state index in [1.165, 1.54) is 18.3 Å². The zero-order chi connectivity index (χ0) is 14.5. The molecule has 1 saturated heterocycles. The molecule has 0 spiro atoms. The van der Waals surface area contributed by atoms with Crippen molar-refractivity contribution in [2.45, 2.75) is 26.1 Å². The molecule has 2 unspecified atom stereocenters. The van der Waals surface area contributed by atoms with Gasteiger partial charge < -0.3 is 10.1 Å². The van der Waals surface area contributed by atoms with Crippen molar-refractivity contribution in [1.29, 1.82) is 0 Å². The Kier molecular flexibility index (Phi) is 5.03. The molecule has 0 bridgehead atoms. The van der Waals surface area contributed by atoms with Crippen LogP contribution in [-0.4, -0.2) is 54.2 Å². The molecule has 1 amide bonds. The van der Waals surface area contributed by atoms with Gasteiger partial charge >= 0.3 is 0 Å². The lowest BCUT2D eigenvalue weighted by molar-refractivity contribution is -0.0672. The fourth-order valence-corrected chi connectivity index (χ4v) is 2.41. The third kappa shape index (κ3) is 4.25. The Labute approximate surface area is 118 Å². The fraction of sp³-hybridized carbons (Fsp3) is 0.571. The third-order valence-corrected chi connectivity index (χ3v) is 3.20. The predicted molar refractivity (Wildman–Crippen MR) is 73.0 cm³/mol. The Bertz CT molecular complexity index is 442. The number of hydrogen-bond acceptors (Lipinski definition) is 4. The maximum Gasteiger partial charge on any atom is 0.252 e. The van der Waals surface area contributed by atoms with Gasteiger partial charge in [0.1, 0.15) is 0 Å². The number of rotatable bonds is 4. The van der Waals surface area contributed by atoms with Gasteiger partial charge in [-0.05, 0) is 26.0 Å². The minimum atomic E-state index is -0.585. The van der Waals surface area contributed by atoms with E-state index in [0.29, 0.717) is 12.1 Å². The first-order valence-electron chi connectivity index (χ1n) is 6.82. The fourth-order valence-electron chi connectivity index (χ4n) is 2.41. The van der Waals surface area contributed by atoms with E-state index < -0.39 is 5.95 Å². The molecule has 20 heavy (non-hydrogen) atoms. The van der Waals surface area contributed by atoms with E-state index in [-0.39, 0.29) is 18.1 Å². The quantitative estimate of drug-likeness (QED) is 0.839. The summed E-state index contributed by atoms with van der Waals surface area (Å²) in [6, 6.07) is 2.61. The van der Waals surface area contributed by atoms with Crippen LogP contribution in [0.3, 0.4) is 0 Å². The van der Waals surface area contributed by atoms with Crippen LogP contribution >= 0.6 is 0 Å². The molecule has 0 radical (unpaired) electrons. The molecule has 1 aromatic heterocycles. The Morgan fingerprint density at radius 1 is 1.45 bits per heavy atom. The molecule has 1 aliphatic heterocycles. The number of carbonyl (C=O) groups excluding carboxylic acids is 1. The van der Waals surface area contributed by atoms with Crippen LogP contribution in [-0.2, 0) is 4.74 Å². The van der Waals surface area contributed by atoms with E-state index >= 15 is 0 Å². The number of carbonyl (C=O) groups is 1. The molecular weight excluding hydrogens is 261 g/mol. The number of hydrogen-bond donors (Lipinski definition) is 1. The lowest BCUT2D eigenvalue weighted by Gasteiger charge is -2.35. The van der Waals surface area contributed by atoms with Crippen LogP contribution in [0.4, 0.5) is 4.39 Å². The number of nitrogens with zero attached hydrogens (tertiary/aromatic N) is 2. The van der Waals surface area contributed by atoms with E-state index in [2.05, 4.69) is 15.2 Å². The summed E-state index contributed by atoms with van der Waals surface area (Å²) in [7, 11) is 0. The maximum absolute atomic E-state index is 12.7. The lowest BCUT2D eigenvalue weighted by Crippen LogP contribution is -2.47. The molecule has 0 aliphatic carbocycles. The predicted octanol–water partition coefficient (Wildman–Crippen LogP) is 1.06. The van der Waals surface area contributed by atoms with Gasteiger partial charge in [-0.25, -0.2) is 4.98 Å². The van der Waals surface area contributed by atoms with Crippen LogP contribution in [0.25, 0.3) is 0 Å². The molecule has 1 fully saturated rings. The molecule has 1 N–H and O–H groups in total. The minimum absolute atomic E-state index is 0.218. The molecular formula is C14H20FN3O2. The highest BCUT2D eigenvalue weighted by Crippen LogP contribution is 2.09. The van der Waals surface area contributed by atoms with Gasteiger partial charge in [-0.1, -0.05) is 0 Å². The molecule has 5 nitrogen and oxygen atoms in total. The smallest absolute Gasteiger partial charge is 0.252 e. The highest BCUT2D eigenvalue weighted by atomic mass is 19.1. The summed E-state index contributed by atoms with van der Waals surface area (Å²) in [5, 5.41) is 2.81. The molecule has 1 aliphatic rings. The third-order valence-electron chi connectivity index (χ3n) is 3.20. The Balaban J connectivity index is 1.75. The second kappa shape index (κ2) is 6.76. The summed E-state index contributed by atoms with van der Waals surface area (Å²) < 4.78 is 18.3. The van der Waals surface area contributed by atoms with Crippen LogP contribution in [0, 0.1) is 5.95 Å². The average Bonchev–Trinajstić information content (AvgIpc) is 2.38. The lowest BCUT2D eigenvalue weighted by atomic mass is 10.2. The van der Waals surface area contributed by atoms with Crippen molar-refractivity contribution in [2.75, 3.05) is 26.2 Å². The van der Waals surface area contributed by atoms with Crippen molar-refractivity contribution < 1.29 is 13.9 Å². The van der Waals surface area contributed by atoms with Gasteiger partial charge in [0.15, 0.2) is 0 Å². The number of pyridine rings is 1. The first-order valence-corrected chi connectivity index (χ1v) is 6.82. The standard InChI is InChI=1S/C14H20FN3O2/c1-10-8-18(9-11(2)20-10)6-5-16-14(19)12-3-4-13(15)17-7-12/h3-4,7,10-11H,5-6,8-9H2,1-2H3,(H,16,19). The molecule has 2 heterocycles. The highest BCUT2D eigenvalue weighted by Gasteiger charge is 2.21. The first kappa shape index (κ1) is 14.9. The molecule has 2 atom stereocenters. The SMILES string of the molecule is CC1CN(CCNC(=O)c2ccc(F)nc2)CC(C)O1. The molecule has 2 rings (SSSR count). The topological polar surface area (TPSA) is 54.5 Å². The van der Waals surface area contributed by atoms with Crippen molar-refractivity contribution in [3.05, 3.63) is 29.8 Å². The van der Waals surface area contributed by atoms with Crippen molar-refractivity contribution in [1.82, 2.24) is 15.2 Å². The van der Waals surface area contributed by atoms with Crippen molar-refractivity contribution >= 4 is 5.91 Å². The minimum Gasteiger partial charge on any atom is -0.373 e. The van der Waals surface area contributed by atoms with E-state index in [1.807, 2.05) is 13.8 Å². The number of nitrogens with one attached hydrogen (secondary N) is 1. The number of morpholine rings is 1. The van der Waals surface area contributed by atoms with Gasteiger partial charge in [0.2, 0.25) is 5.95 Å². The van der Waals surface area contributed by atoms with Crippen molar-refractivity contribution in [2.24, 2.45) is 0 Å². The Morgan fingerprint density at radius 2 is 2.15 bits per heavy atom. The van der Waals surface area contributed by atoms with E-state index in [9.17, 15) is 9.18 Å². The van der Waals surface area contributed by atoms with Crippen LogP contribution in [0.15, 0.2) is 18.3 Å². The Morgan fingerprint density at radius 3 is 2.75 bits per heavy atom. The number of halogens is 1. The Hall–Kier alpha value is -1.53. The summed E-state index contributed by atoms with van der Waals surface area (Å²) in [5.74, 6) is -0.815. The van der Waals surface area contributed by atoms with Gasteiger partial charge in [-0.3, -0.25) is 9.69 Å². The van der Waals surface area contributed by atoms with E-state index in [1.54, 1.807) is 0 Å². The zero-order valence-electron chi connectivity index (χ0n) is 11.8. The zero-order valence-corrected chi connectivity index (χ0v) is 11.8. The first-order chi connectivity index (χ1) is 9.54. The van der Waals surface area contributed by atoms with Crippen molar-refractivity contribution in [3.63, 3.8) is 0 Å². The second-order valence-electron chi connectivity index (χ2n) is 5.14. The van der Waals surface area contributed by atoms with E-state index in [4.69, 9.17) is 4.74 Å². The van der Waals surface area contributed by atoms with Crippen LogP contribution < -0.4 is 5.32 Å². The van der Waals surface area contributed by atoms with Gasteiger partial charge in [0.05, 0.1) is 17.8 Å². The van der Waals surface area contributed by atoms with Gasteiger partial charge in [-0.2, -0.15) is 4.39 Å². The van der Waals surface area contributed by atoms with Crippen LogP contribution in [0.1, 0.15) is 24.2 Å². The summed E-state index contributed by atoms with van der Waals surface area (Å²) in [6.07, 6.45) is 1.68. The molecule has 6 heteroatoms.